The van der Waals surface area contributed by atoms with Gasteiger partial charge in [0.2, 0.25) is 0 Å². The van der Waals surface area contributed by atoms with Crippen LogP contribution in [-0.2, 0) is 38.2 Å². The molecule has 3 aliphatic heterocycles. The fraction of sp³-hybridized carbons (Fsp3) is 0.519. The van der Waals surface area contributed by atoms with E-state index in [0.29, 0.717) is 5.70 Å². The minimum absolute atomic E-state index is 0.123. The molecule has 0 aromatic rings. The van der Waals surface area contributed by atoms with Gasteiger partial charge in [0.25, 0.3) is 29.5 Å². The number of nitrogens with zero attached hydrogens (tertiary/aromatic N) is 3. The molecule has 3 unspecified atom stereocenters. The summed E-state index contributed by atoms with van der Waals surface area (Å²) < 4.78 is 17.8. The number of imide groups is 2. The van der Waals surface area contributed by atoms with Crippen LogP contribution >= 0.6 is 0 Å². The lowest BCUT2D eigenvalue weighted by molar-refractivity contribution is -0.141. The molecule has 3 rings (SSSR count). The summed E-state index contributed by atoms with van der Waals surface area (Å²) in [4.78, 5) is 63.7. The Bertz CT molecular complexity index is 893. The van der Waals surface area contributed by atoms with Crippen LogP contribution in [0.15, 0.2) is 48.7 Å². The number of hydrogen-bond acceptors (Lipinski definition) is 8. The third-order valence-corrected chi connectivity index (χ3v) is 6.40. The Labute approximate surface area is 222 Å². The molecule has 11 nitrogen and oxygen atoms in total. The summed E-state index contributed by atoms with van der Waals surface area (Å²) in [6.45, 7) is 12.2. The molecular weight excluding hydrogens is 494 g/mol. The molecule has 0 radical (unpaired) electrons. The first-order valence-corrected chi connectivity index (χ1v) is 12.5. The van der Waals surface area contributed by atoms with Crippen molar-refractivity contribution in [1.29, 1.82) is 0 Å². The Morgan fingerprint density at radius 1 is 0.605 bits per heavy atom. The zero-order valence-electron chi connectivity index (χ0n) is 22.3. The molecule has 0 bridgehead atoms. The average molecular weight is 530 g/mol. The van der Waals surface area contributed by atoms with Crippen molar-refractivity contribution in [2.75, 3.05) is 39.6 Å². The minimum Gasteiger partial charge on any atom is -0.379 e. The normalized spacial score (nSPS) is 21.3. The van der Waals surface area contributed by atoms with Crippen molar-refractivity contribution in [2.24, 2.45) is 5.41 Å². The maximum absolute atomic E-state index is 12.1. The van der Waals surface area contributed by atoms with Crippen molar-refractivity contribution < 1.29 is 38.2 Å². The van der Waals surface area contributed by atoms with Gasteiger partial charge in [-0.05, 0) is 26.8 Å². The van der Waals surface area contributed by atoms with Gasteiger partial charge in [0.05, 0.1) is 57.8 Å². The molecule has 0 aromatic heterocycles. The van der Waals surface area contributed by atoms with Gasteiger partial charge in [-0.1, -0.05) is 13.5 Å². The lowest BCUT2D eigenvalue weighted by atomic mass is 9.94. The first-order valence-electron chi connectivity index (χ1n) is 12.5. The summed E-state index contributed by atoms with van der Waals surface area (Å²) in [5, 5.41) is 0. The van der Waals surface area contributed by atoms with E-state index in [2.05, 4.69) is 6.58 Å². The summed E-state index contributed by atoms with van der Waals surface area (Å²) in [5.74, 6) is -1.66. The molecule has 0 aromatic carbocycles. The molecule has 0 aliphatic carbocycles. The first kappa shape index (κ1) is 29.2. The van der Waals surface area contributed by atoms with Crippen molar-refractivity contribution in [3.8, 4) is 0 Å². The standard InChI is InChI=1S/C27H35N3O8/c1-18-6-7-22(31)28(18)19(2)12-36-15-27(5,16-37-13-20(3)29-23(32)8-9-24(29)33)17-38-14-21(4)30-25(34)10-11-26(30)35/h6-11,19-21H,1,12-17H2,2-5H3. The van der Waals surface area contributed by atoms with E-state index < -0.39 is 17.5 Å². The molecule has 3 heterocycles. The van der Waals surface area contributed by atoms with Gasteiger partial charge < -0.3 is 19.1 Å². The highest BCUT2D eigenvalue weighted by Gasteiger charge is 2.33. The second kappa shape index (κ2) is 12.4. The monoisotopic (exact) mass is 529 g/mol. The summed E-state index contributed by atoms with van der Waals surface area (Å²) in [6.07, 6.45) is 8.04. The number of amides is 5. The molecule has 0 N–H and O–H groups in total. The Hall–Kier alpha value is -3.41. The van der Waals surface area contributed by atoms with E-state index in [-0.39, 0.29) is 75.2 Å². The number of ether oxygens (including phenoxy) is 3. The molecule has 11 heteroatoms. The van der Waals surface area contributed by atoms with Crippen LogP contribution in [0.1, 0.15) is 27.7 Å². The average Bonchev–Trinajstić information content (AvgIpc) is 3.48. The molecule has 3 aliphatic rings. The van der Waals surface area contributed by atoms with Gasteiger partial charge in [0.15, 0.2) is 0 Å². The summed E-state index contributed by atoms with van der Waals surface area (Å²) in [6, 6.07) is -1.17. The van der Waals surface area contributed by atoms with E-state index in [0.717, 1.165) is 9.80 Å². The fourth-order valence-electron chi connectivity index (χ4n) is 4.44. The minimum atomic E-state index is -0.655. The number of rotatable bonds is 15. The second-order valence-electron chi connectivity index (χ2n) is 10.2. The van der Waals surface area contributed by atoms with E-state index in [1.54, 1.807) is 24.8 Å². The highest BCUT2D eigenvalue weighted by molar-refractivity contribution is 6.13. The van der Waals surface area contributed by atoms with Crippen molar-refractivity contribution in [3.05, 3.63) is 48.7 Å². The van der Waals surface area contributed by atoms with Crippen LogP contribution in [0.2, 0.25) is 0 Å². The quantitative estimate of drug-likeness (QED) is 0.288. The fourth-order valence-corrected chi connectivity index (χ4v) is 4.44. The van der Waals surface area contributed by atoms with E-state index in [4.69, 9.17) is 14.2 Å². The molecule has 38 heavy (non-hydrogen) atoms. The highest BCUT2D eigenvalue weighted by Crippen LogP contribution is 2.22. The van der Waals surface area contributed by atoms with Gasteiger partial charge >= 0.3 is 0 Å². The lowest BCUT2D eigenvalue weighted by Crippen LogP contribution is -2.44. The van der Waals surface area contributed by atoms with Gasteiger partial charge in [-0.2, -0.15) is 0 Å². The van der Waals surface area contributed by atoms with Crippen LogP contribution in [0, 0.1) is 5.41 Å². The topological polar surface area (TPSA) is 123 Å². The van der Waals surface area contributed by atoms with E-state index in [9.17, 15) is 24.0 Å². The van der Waals surface area contributed by atoms with Crippen LogP contribution in [0.25, 0.3) is 0 Å². The molecule has 0 spiro atoms. The van der Waals surface area contributed by atoms with Crippen LogP contribution in [-0.4, -0.2) is 102 Å². The lowest BCUT2D eigenvalue weighted by Gasteiger charge is -2.32. The number of allylic oxidation sites excluding steroid dienone is 1. The SMILES string of the molecule is C=C1C=CC(=O)N1C(C)COCC(C)(COCC(C)N1C(=O)C=CC1=O)COCC(C)N1C(=O)C=CC1=O. The van der Waals surface area contributed by atoms with Gasteiger partial charge in [-0.3, -0.25) is 33.8 Å². The van der Waals surface area contributed by atoms with Crippen molar-refractivity contribution in [2.45, 2.75) is 45.8 Å². The Morgan fingerprint density at radius 3 is 1.21 bits per heavy atom. The van der Waals surface area contributed by atoms with Crippen LogP contribution < -0.4 is 0 Å². The zero-order chi connectivity index (χ0) is 28.0. The third kappa shape index (κ3) is 6.91. The van der Waals surface area contributed by atoms with Crippen LogP contribution in [0.3, 0.4) is 0 Å². The first-order chi connectivity index (χ1) is 17.9. The second-order valence-corrected chi connectivity index (χ2v) is 10.2. The van der Waals surface area contributed by atoms with Crippen LogP contribution in [0.5, 0.6) is 0 Å². The van der Waals surface area contributed by atoms with Gasteiger partial charge in [0.1, 0.15) is 0 Å². The summed E-state index contributed by atoms with van der Waals surface area (Å²) >= 11 is 0. The van der Waals surface area contributed by atoms with E-state index >= 15 is 0 Å². The number of carbonyl (C=O) groups excluding carboxylic acids is 5. The molecular formula is C27H35N3O8. The predicted molar refractivity (Wildman–Crippen MR) is 136 cm³/mol. The highest BCUT2D eigenvalue weighted by atomic mass is 16.5. The molecule has 3 atom stereocenters. The van der Waals surface area contributed by atoms with Crippen LogP contribution in [0.4, 0.5) is 0 Å². The van der Waals surface area contributed by atoms with E-state index in [1.807, 2.05) is 13.8 Å². The predicted octanol–water partition coefficient (Wildman–Crippen LogP) is 0.970. The number of carbonyl (C=O) groups is 5. The zero-order valence-corrected chi connectivity index (χ0v) is 22.3. The Kier molecular flexibility index (Phi) is 9.53. The largest absolute Gasteiger partial charge is 0.379 e. The summed E-state index contributed by atoms with van der Waals surface area (Å²) in [7, 11) is 0. The summed E-state index contributed by atoms with van der Waals surface area (Å²) in [5.41, 5.74) is -0.0534. The Balaban J connectivity index is 1.54. The third-order valence-electron chi connectivity index (χ3n) is 6.40. The molecule has 5 amide bonds. The van der Waals surface area contributed by atoms with Gasteiger partial charge in [-0.15, -0.1) is 0 Å². The van der Waals surface area contributed by atoms with Crippen molar-refractivity contribution in [3.63, 3.8) is 0 Å². The van der Waals surface area contributed by atoms with E-state index in [1.165, 1.54) is 30.4 Å². The van der Waals surface area contributed by atoms with Crippen molar-refractivity contribution in [1.82, 2.24) is 14.7 Å². The molecule has 0 fully saturated rings. The maximum atomic E-state index is 12.1. The maximum Gasteiger partial charge on any atom is 0.253 e. The van der Waals surface area contributed by atoms with Crippen molar-refractivity contribution >= 4 is 29.5 Å². The molecule has 0 saturated heterocycles. The molecule has 0 saturated carbocycles. The smallest absolute Gasteiger partial charge is 0.253 e. The van der Waals surface area contributed by atoms with Gasteiger partial charge in [0, 0.05) is 41.5 Å². The van der Waals surface area contributed by atoms with Gasteiger partial charge in [-0.25, -0.2) is 0 Å². The Morgan fingerprint density at radius 2 is 0.895 bits per heavy atom. The number of hydrogen-bond donors (Lipinski definition) is 0. The molecule has 206 valence electrons.